The van der Waals surface area contributed by atoms with Gasteiger partial charge >= 0.3 is 0 Å². The number of nitrogens with zero attached hydrogens (tertiary/aromatic N) is 2. The van der Waals surface area contributed by atoms with E-state index in [4.69, 9.17) is 5.73 Å². The van der Waals surface area contributed by atoms with Crippen LogP contribution in [0.5, 0.6) is 0 Å². The average Bonchev–Trinajstić information content (AvgIpc) is 2.86. The van der Waals surface area contributed by atoms with E-state index >= 15 is 0 Å². The standard InChI is InChI=1S/C14H23N3S/c1-9-10(2)16-14(17-11(9)3)18-8-13(15)12-6-4-5-7-12/h12-13H,4-8,15H2,1-3H3. The van der Waals surface area contributed by atoms with E-state index in [1.54, 1.807) is 11.8 Å². The van der Waals surface area contributed by atoms with Crippen LogP contribution in [0.4, 0.5) is 0 Å². The van der Waals surface area contributed by atoms with E-state index in [-0.39, 0.29) is 0 Å². The number of rotatable bonds is 4. The van der Waals surface area contributed by atoms with E-state index in [1.807, 2.05) is 13.8 Å². The van der Waals surface area contributed by atoms with Crippen molar-refractivity contribution >= 4 is 11.8 Å². The summed E-state index contributed by atoms with van der Waals surface area (Å²) in [5, 5.41) is 0.879. The second kappa shape index (κ2) is 6.02. The minimum absolute atomic E-state index is 0.294. The van der Waals surface area contributed by atoms with E-state index in [9.17, 15) is 0 Å². The molecule has 0 bridgehead atoms. The maximum absolute atomic E-state index is 6.26. The second-order valence-corrected chi connectivity index (χ2v) is 6.31. The summed E-state index contributed by atoms with van der Waals surface area (Å²) >= 11 is 1.71. The van der Waals surface area contributed by atoms with E-state index in [0.717, 1.165) is 22.3 Å². The Morgan fingerprint density at radius 3 is 2.28 bits per heavy atom. The normalized spacial score (nSPS) is 18.2. The summed E-state index contributed by atoms with van der Waals surface area (Å²) in [6.07, 6.45) is 5.30. The van der Waals surface area contributed by atoms with Crippen LogP contribution < -0.4 is 5.73 Å². The molecule has 0 aliphatic heterocycles. The summed E-state index contributed by atoms with van der Waals surface area (Å²) in [4.78, 5) is 9.06. The number of nitrogens with two attached hydrogens (primary N) is 1. The van der Waals surface area contributed by atoms with Gasteiger partial charge in [-0.1, -0.05) is 24.6 Å². The van der Waals surface area contributed by atoms with Gasteiger partial charge in [0.1, 0.15) is 0 Å². The van der Waals surface area contributed by atoms with Crippen LogP contribution in [0, 0.1) is 26.7 Å². The minimum Gasteiger partial charge on any atom is -0.327 e. The Morgan fingerprint density at radius 1 is 1.17 bits per heavy atom. The molecular weight excluding hydrogens is 242 g/mol. The zero-order valence-electron chi connectivity index (χ0n) is 11.6. The number of hydrogen-bond donors (Lipinski definition) is 1. The number of thioether (sulfide) groups is 1. The predicted octanol–water partition coefficient (Wildman–Crippen LogP) is 3.01. The zero-order valence-corrected chi connectivity index (χ0v) is 12.4. The van der Waals surface area contributed by atoms with E-state index in [1.165, 1.54) is 31.2 Å². The van der Waals surface area contributed by atoms with Gasteiger partial charge in [0.15, 0.2) is 5.16 Å². The lowest BCUT2D eigenvalue weighted by molar-refractivity contribution is 0.463. The van der Waals surface area contributed by atoms with Crippen LogP contribution in [-0.2, 0) is 0 Å². The fourth-order valence-electron chi connectivity index (χ4n) is 2.50. The smallest absolute Gasteiger partial charge is 0.188 e. The first-order chi connectivity index (χ1) is 8.58. The van der Waals surface area contributed by atoms with E-state index in [0.29, 0.717) is 12.0 Å². The average molecular weight is 265 g/mol. The monoisotopic (exact) mass is 265 g/mol. The van der Waals surface area contributed by atoms with Crippen molar-refractivity contribution in [1.29, 1.82) is 0 Å². The first-order valence-corrected chi connectivity index (χ1v) is 7.76. The minimum atomic E-state index is 0.294. The van der Waals surface area contributed by atoms with Gasteiger partial charge in [-0.3, -0.25) is 0 Å². The fourth-order valence-corrected chi connectivity index (χ4v) is 3.52. The molecule has 2 rings (SSSR count). The Labute approximate surface area is 114 Å². The molecule has 0 amide bonds. The molecular formula is C14H23N3S. The van der Waals surface area contributed by atoms with Gasteiger partial charge in [0.25, 0.3) is 0 Å². The highest BCUT2D eigenvalue weighted by atomic mass is 32.2. The third-order valence-corrected chi connectivity index (χ3v) is 5.01. The van der Waals surface area contributed by atoms with Gasteiger partial charge in [-0.05, 0) is 45.1 Å². The molecule has 1 aromatic heterocycles. The molecule has 1 saturated carbocycles. The molecule has 1 heterocycles. The van der Waals surface area contributed by atoms with Crippen LogP contribution in [0.15, 0.2) is 5.16 Å². The van der Waals surface area contributed by atoms with E-state index in [2.05, 4.69) is 16.9 Å². The van der Waals surface area contributed by atoms with Crippen molar-refractivity contribution in [2.75, 3.05) is 5.75 Å². The predicted molar refractivity (Wildman–Crippen MR) is 76.9 cm³/mol. The topological polar surface area (TPSA) is 51.8 Å². The SMILES string of the molecule is Cc1nc(SCC(N)C2CCCC2)nc(C)c1C. The fraction of sp³-hybridized carbons (Fsp3) is 0.714. The molecule has 0 spiro atoms. The van der Waals surface area contributed by atoms with Crippen LogP contribution >= 0.6 is 11.8 Å². The molecule has 0 saturated heterocycles. The molecule has 100 valence electrons. The summed E-state index contributed by atoms with van der Waals surface area (Å²) in [5.41, 5.74) is 9.62. The van der Waals surface area contributed by atoms with Crippen LogP contribution in [0.25, 0.3) is 0 Å². The highest BCUT2D eigenvalue weighted by Crippen LogP contribution is 2.29. The Morgan fingerprint density at radius 2 is 1.72 bits per heavy atom. The van der Waals surface area contributed by atoms with Crippen molar-refractivity contribution in [2.24, 2.45) is 11.7 Å². The summed E-state index contributed by atoms with van der Waals surface area (Å²) in [5.74, 6) is 1.65. The maximum atomic E-state index is 6.26. The van der Waals surface area contributed by atoms with Crippen LogP contribution in [0.1, 0.15) is 42.6 Å². The third kappa shape index (κ3) is 3.23. The van der Waals surface area contributed by atoms with Crippen molar-refractivity contribution in [3.63, 3.8) is 0 Å². The van der Waals surface area contributed by atoms with Crippen molar-refractivity contribution in [1.82, 2.24) is 9.97 Å². The molecule has 3 nitrogen and oxygen atoms in total. The van der Waals surface area contributed by atoms with E-state index < -0.39 is 0 Å². The molecule has 0 radical (unpaired) electrons. The van der Waals surface area contributed by atoms with Gasteiger partial charge in [0.2, 0.25) is 0 Å². The molecule has 4 heteroatoms. The Hall–Kier alpha value is -0.610. The number of aryl methyl sites for hydroxylation is 2. The van der Waals surface area contributed by atoms with Crippen molar-refractivity contribution in [3.8, 4) is 0 Å². The largest absolute Gasteiger partial charge is 0.327 e. The molecule has 1 fully saturated rings. The van der Waals surface area contributed by atoms with Crippen LogP contribution in [-0.4, -0.2) is 21.8 Å². The lowest BCUT2D eigenvalue weighted by atomic mass is 10.0. The molecule has 1 aromatic rings. The molecule has 1 unspecified atom stereocenters. The molecule has 1 aliphatic rings. The maximum Gasteiger partial charge on any atom is 0.188 e. The zero-order chi connectivity index (χ0) is 13.1. The summed E-state index contributed by atoms with van der Waals surface area (Å²) in [7, 11) is 0. The van der Waals surface area contributed by atoms with Crippen molar-refractivity contribution < 1.29 is 0 Å². The van der Waals surface area contributed by atoms with Crippen molar-refractivity contribution in [2.45, 2.75) is 57.7 Å². The highest BCUT2D eigenvalue weighted by Gasteiger charge is 2.22. The molecule has 18 heavy (non-hydrogen) atoms. The first kappa shape index (κ1) is 13.8. The third-order valence-electron chi connectivity index (χ3n) is 4.02. The lowest BCUT2D eigenvalue weighted by Gasteiger charge is -2.18. The van der Waals surface area contributed by atoms with Gasteiger partial charge in [0, 0.05) is 23.2 Å². The summed E-state index contributed by atoms with van der Waals surface area (Å²) in [6, 6.07) is 0.294. The Balaban J connectivity index is 1.93. The summed E-state index contributed by atoms with van der Waals surface area (Å²) in [6.45, 7) is 6.17. The van der Waals surface area contributed by atoms with Gasteiger partial charge in [-0.15, -0.1) is 0 Å². The lowest BCUT2D eigenvalue weighted by Crippen LogP contribution is -2.30. The van der Waals surface area contributed by atoms with Crippen molar-refractivity contribution in [3.05, 3.63) is 17.0 Å². The first-order valence-electron chi connectivity index (χ1n) is 6.78. The molecule has 1 atom stereocenters. The van der Waals surface area contributed by atoms with Crippen LogP contribution in [0.3, 0.4) is 0 Å². The van der Waals surface area contributed by atoms with Gasteiger partial charge < -0.3 is 5.73 Å². The molecule has 2 N–H and O–H groups in total. The molecule has 0 aromatic carbocycles. The molecule has 1 aliphatic carbocycles. The Bertz CT molecular complexity index is 390. The highest BCUT2D eigenvalue weighted by molar-refractivity contribution is 7.99. The van der Waals surface area contributed by atoms with Gasteiger partial charge in [0.05, 0.1) is 0 Å². The van der Waals surface area contributed by atoms with Gasteiger partial charge in [-0.25, -0.2) is 9.97 Å². The Kier molecular flexibility index (Phi) is 4.62. The van der Waals surface area contributed by atoms with Crippen LogP contribution in [0.2, 0.25) is 0 Å². The second-order valence-electron chi connectivity index (χ2n) is 5.32. The van der Waals surface area contributed by atoms with Gasteiger partial charge in [-0.2, -0.15) is 0 Å². The quantitative estimate of drug-likeness (QED) is 0.671. The summed E-state index contributed by atoms with van der Waals surface area (Å²) < 4.78 is 0. The number of hydrogen-bond acceptors (Lipinski definition) is 4. The number of aromatic nitrogens is 2.